The molecular formula is C11H20N2O4. The van der Waals surface area contributed by atoms with Gasteiger partial charge in [-0.2, -0.15) is 0 Å². The van der Waals surface area contributed by atoms with Gasteiger partial charge in [0.2, 0.25) is 0 Å². The molecule has 17 heavy (non-hydrogen) atoms. The van der Waals surface area contributed by atoms with E-state index in [2.05, 4.69) is 5.32 Å². The molecule has 1 rings (SSSR count). The van der Waals surface area contributed by atoms with Gasteiger partial charge >= 0.3 is 12.0 Å². The van der Waals surface area contributed by atoms with Crippen LogP contribution in [0.3, 0.4) is 0 Å². The van der Waals surface area contributed by atoms with Gasteiger partial charge < -0.3 is 20.1 Å². The molecule has 0 atom stereocenters. The highest BCUT2D eigenvalue weighted by molar-refractivity contribution is 5.79. The quantitative estimate of drug-likeness (QED) is 0.739. The van der Waals surface area contributed by atoms with Gasteiger partial charge in [0.15, 0.2) is 0 Å². The number of likely N-dealkylation sites (N-methyl/N-ethyl adjacent to an activating group) is 1. The maximum atomic E-state index is 11.7. The lowest BCUT2D eigenvalue weighted by Gasteiger charge is -2.24. The number of rotatable bonds is 5. The summed E-state index contributed by atoms with van der Waals surface area (Å²) in [6.45, 7) is 3.98. The molecule has 1 aliphatic heterocycles. The standard InChI is InChI=1S/C11H20N2O4/c1-2-13(8-10(14)15)11(16)12-7-9-3-5-17-6-4-9/h9H,2-8H2,1H3,(H,12,16)(H,14,15). The van der Waals surface area contributed by atoms with E-state index in [-0.39, 0.29) is 12.6 Å². The molecule has 1 fully saturated rings. The van der Waals surface area contributed by atoms with Gasteiger partial charge in [0.1, 0.15) is 6.54 Å². The molecule has 0 saturated carbocycles. The molecule has 0 unspecified atom stereocenters. The average molecular weight is 244 g/mol. The summed E-state index contributed by atoms with van der Waals surface area (Å²) in [4.78, 5) is 23.5. The van der Waals surface area contributed by atoms with Gasteiger partial charge in [0.25, 0.3) is 0 Å². The zero-order chi connectivity index (χ0) is 12.7. The number of carboxylic acid groups (broad SMARTS) is 1. The lowest BCUT2D eigenvalue weighted by molar-refractivity contribution is -0.137. The fourth-order valence-electron chi connectivity index (χ4n) is 1.78. The molecule has 6 heteroatoms. The van der Waals surface area contributed by atoms with Crippen LogP contribution in [0, 0.1) is 5.92 Å². The number of aliphatic carboxylic acids is 1. The van der Waals surface area contributed by atoms with E-state index in [1.54, 1.807) is 6.92 Å². The minimum absolute atomic E-state index is 0.254. The number of amides is 2. The molecule has 0 aromatic rings. The fourth-order valence-corrected chi connectivity index (χ4v) is 1.78. The number of hydrogen-bond donors (Lipinski definition) is 2. The molecule has 0 aromatic carbocycles. The predicted molar refractivity (Wildman–Crippen MR) is 61.8 cm³/mol. The molecule has 0 aliphatic carbocycles. The monoisotopic (exact) mass is 244 g/mol. The van der Waals surface area contributed by atoms with Gasteiger partial charge in [0, 0.05) is 26.3 Å². The molecular weight excluding hydrogens is 224 g/mol. The van der Waals surface area contributed by atoms with Crippen LogP contribution in [0.4, 0.5) is 4.79 Å². The first-order valence-electron chi connectivity index (χ1n) is 5.95. The second kappa shape index (κ2) is 7.11. The van der Waals surface area contributed by atoms with Gasteiger partial charge in [-0.05, 0) is 25.7 Å². The Morgan fingerprint density at radius 2 is 2.06 bits per heavy atom. The Balaban J connectivity index is 2.28. The van der Waals surface area contributed by atoms with E-state index in [0.29, 0.717) is 19.0 Å². The number of nitrogens with one attached hydrogen (secondary N) is 1. The third-order valence-electron chi connectivity index (χ3n) is 2.88. The maximum absolute atomic E-state index is 11.7. The van der Waals surface area contributed by atoms with E-state index in [0.717, 1.165) is 26.1 Å². The van der Waals surface area contributed by atoms with Crippen LogP contribution in [0.2, 0.25) is 0 Å². The molecule has 1 aliphatic rings. The molecule has 0 bridgehead atoms. The topological polar surface area (TPSA) is 78.9 Å². The van der Waals surface area contributed by atoms with Crippen LogP contribution < -0.4 is 5.32 Å². The van der Waals surface area contributed by atoms with E-state index in [9.17, 15) is 9.59 Å². The summed E-state index contributed by atoms with van der Waals surface area (Å²) in [6.07, 6.45) is 1.90. The summed E-state index contributed by atoms with van der Waals surface area (Å²) in [7, 11) is 0. The van der Waals surface area contributed by atoms with Gasteiger partial charge in [-0.25, -0.2) is 4.79 Å². The van der Waals surface area contributed by atoms with Crippen molar-refractivity contribution in [1.82, 2.24) is 10.2 Å². The van der Waals surface area contributed by atoms with Gasteiger partial charge in [-0.15, -0.1) is 0 Å². The van der Waals surface area contributed by atoms with E-state index < -0.39 is 5.97 Å². The summed E-state index contributed by atoms with van der Waals surface area (Å²) >= 11 is 0. The Bertz CT molecular complexity index is 264. The van der Waals surface area contributed by atoms with Crippen molar-refractivity contribution in [1.29, 1.82) is 0 Å². The summed E-state index contributed by atoms with van der Waals surface area (Å²) in [5.41, 5.74) is 0. The van der Waals surface area contributed by atoms with Crippen molar-refractivity contribution in [3.8, 4) is 0 Å². The molecule has 0 radical (unpaired) electrons. The molecule has 1 saturated heterocycles. The Kier molecular flexibility index (Phi) is 5.76. The fraction of sp³-hybridized carbons (Fsp3) is 0.818. The van der Waals surface area contributed by atoms with E-state index in [1.807, 2.05) is 0 Å². The van der Waals surface area contributed by atoms with Crippen molar-refractivity contribution < 1.29 is 19.4 Å². The Hall–Kier alpha value is -1.30. The van der Waals surface area contributed by atoms with Crippen LogP contribution in [0.5, 0.6) is 0 Å². The number of carboxylic acids is 1. The van der Waals surface area contributed by atoms with E-state index in [1.165, 1.54) is 4.90 Å². The molecule has 6 nitrogen and oxygen atoms in total. The van der Waals surface area contributed by atoms with Gasteiger partial charge in [-0.1, -0.05) is 0 Å². The lowest BCUT2D eigenvalue weighted by atomic mass is 10.0. The van der Waals surface area contributed by atoms with Crippen molar-refractivity contribution in [3.63, 3.8) is 0 Å². The first-order valence-corrected chi connectivity index (χ1v) is 5.95. The van der Waals surface area contributed by atoms with Gasteiger partial charge in [-0.3, -0.25) is 4.79 Å². The van der Waals surface area contributed by atoms with Crippen LogP contribution >= 0.6 is 0 Å². The zero-order valence-corrected chi connectivity index (χ0v) is 10.1. The highest BCUT2D eigenvalue weighted by atomic mass is 16.5. The Morgan fingerprint density at radius 3 is 2.59 bits per heavy atom. The normalized spacial score (nSPS) is 16.5. The highest BCUT2D eigenvalue weighted by Gasteiger charge is 2.18. The van der Waals surface area contributed by atoms with Crippen LogP contribution in [-0.4, -0.2) is 54.9 Å². The molecule has 0 spiro atoms. The summed E-state index contributed by atoms with van der Waals surface area (Å²) in [6, 6.07) is -0.304. The molecule has 2 amide bonds. The summed E-state index contributed by atoms with van der Waals surface area (Å²) in [5.74, 6) is -0.552. The first kappa shape index (κ1) is 13.8. The summed E-state index contributed by atoms with van der Waals surface area (Å²) in [5, 5.41) is 11.4. The molecule has 1 heterocycles. The summed E-state index contributed by atoms with van der Waals surface area (Å²) < 4.78 is 5.23. The van der Waals surface area contributed by atoms with Gasteiger partial charge in [0.05, 0.1) is 0 Å². The first-order chi connectivity index (χ1) is 8.13. The smallest absolute Gasteiger partial charge is 0.323 e. The molecule has 98 valence electrons. The third kappa shape index (κ3) is 5.04. The second-order valence-corrected chi connectivity index (χ2v) is 4.15. The highest BCUT2D eigenvalue weighted by Crippen LogP contribution is 2.13. The second-order valence-electron chi connectivity index (χ2n) is 4.15. The minimum Gasteiger partial charge on any atom is -0.480 e. The number of carbonyl (C=O) groups excluding carboxylic acids is 1. The lowest BCUT2D eigenvalue weighted by Crippen LogP contribution is -2.44. The van der Waals surface area contributed by atoms with E-state index >= 15 is 0 Å². The van der Waals surface area contributed by atoms with E-state index in [4.69, 9.17) is 9.84 Å². The van der Waals surface area contributed by atoms with Crippen LogP contribution in [0.15, 0.2) is 0 Å². The van der Waals surface area contributed by atoms with Crippen molar-refractivity contribution >= 4 is 12.0 Å². The Labute approximate surface area is 101 Å². The van der Waals surface area contributed by atoms with Crippen molar-refractivity contribution in [2.75, 3.05) is 32.8 Å². The zero-order valence-electron chi connectivity index (χ0n) is 10.1. The van der Waals surface area contributed by atoms with Crippen molar-refractivity contribution in [2.45, 2.75) is 19.8 Å². The number of ether oxygens (including phenoxy) is 1. The largest absolute Gasteiger partial charge is 0.480 e. The maximum Gasteiger partial charge on any atom is 0.323 e. The van der Waals surface area contributed by atoms with Crippen molar-refractivity contribution in [2.24, 2.45) is 5.92 Å². The van der Waals surface area contributed by atoms with Crippen molar-refractivity contribution in [3.05, 3.63) is 0 Å². The SMILES string of the molecule is CCN(CC(=O)O)C(=O)NCC1CCOCC1. The Morgan fingerprint density at radius 1 is 1.41 bits per heavy atom. The predicted octanol–water partition coefficient (Wildman–Crippen LogP) is 0.529. The number of urea groups is 1. The number of nitrogens with zero attached hydrogens (tertiary/aromatic N) is 1. The molecule has 2 N–H and O–H groups in total. The number of carbonyl (C=O) groups is 2. The van der Waals surface area contributed by atoms with Crippen LogP contribution in [0.1, 0.15) is 19.8 Å². The van der Waals surface area contributed by atoms with Crippen LogP contribution in [-0.2, 0) is 9.53 Å². The minimum atomic E-state index is -0.993. The third-order valence-corrected chi connectivity index (χ3v) is 2.88. The number of hydrogen-bond acceptors (Lipinski definition) is 3. The molecule has 0 aromatic heterocycles. The average Bonchev–Trinajstić information content (AvgIpc) is 2.34. The van der Waals surface area contributed by atoms with Crippen LogP contribution in [0.25, 0.3) is 0 Å².